The second-order valence-corrected chi connectivity index (χ2v) is 5.01. The molecule has 0 atom stereocenters. The van der Waals surface area contributed by atoms with E-state index in [4.69, 9.17) is 4.42 Å². The van der Waals surface area contributed by atoms with E-state index < -0.39 is 0 Å². The van der Waals surface area contributed by atoms with Gasteiger partial charge in [-0.05, 0) is 36.1 Å². The Labute approximate surface area is 118 Å². The maximum atomic E-state index is 11.9. The van der Waals surface area contributed by atoms with Crippen LogP contribution in [0.1, 0.15) is 15.9 Å². The minimum atomic E-state index is -0.337. The number of aryl methyl sites for hydroxylation is 1. The van der Waals surface area contributed by atoms with Gasteiger partial charge in [0, 0.05) is 12.4 Å². The fourth-order valence-electron chi connectivity index (χ4n) is 1.58. The molecule has 3 rings (SSSR count). The number of nitrogens with one attached hydrogen (secondary N) is 1. The Kier molecular flexibility index (Phi) is 3.26. The Morgan fingerprint density at radius 1 is 1.40 bits per heavy atom. The van der Waals surface area contributed by atoms with Crippen molar-refractivity contribution < 1.29 is 9.21 Å². The van der Waals surface area contributed by atoms with E-state index >= 15 is 0 Å². The summed E-state index contributed by atoms with van der Waals surface area (Å²) >= 11 is 1.51. The predicted octanol–water partition coefficient (Wildman–Crippen LogP) is 2.75. The average molecular weight is 286 g/mol. The fraction of sp³-hybridized carbons (Fsp3) is 0.0769. The van der Waals surface area contributed by atoms with Crippen LogP contribution in [0.3, 0.4) is 0 Å². The monoisotopic (exact) mass is 286 g/mol. The number of pyridine rings is 1. The summed E-state index contributed by atoms with van der Waals surface area (Å²) in [6.07, 6.45) is 3.07. The summed E-state index contributed by atoms with van der Waals surface area (Å²) in [5.74, 6) is 0.0558. The summed E-state index contributed by atoms with van der Waals surface area (Å²) in [5, 5.41) is 12.2. The van der Waals surface area contributed by atoms with E-state index in [1.807, 2.05) is 18.4 Å². The highest BCUT2D eigenvalue weighted by molar-refractivity contribution is 7.13. The molecule has 0 aromatic carbocycles. The zero-order valence-electron chi connectivity index (χ0n) is 10.5. The van der Waals surface area contributed by atoms with E-state index in [0.717, 1.165) is 10.4 Å². The summed E-state index contributed by atoms with van der Waals surface area (Å²) in [7, 11) is 0. The minimum Gasteiger partial charge on any atom is -0.402 e. The van der Waals surface area contributed by atoms with Gasteiger partial charge in [0.05, 0.1) is 10.4 Å². The van der Waals surface area contributed by atoms with Gasteiger partial charge in [0.15, 0.2) is 0 Å². The molecule has 7 heteroatoms. The molecule has 0 aliphatic carbocycles. The van der Waals surface area contributed by atoms with Gasteiger partial charge in [0.2, 0.25) is 0 Å². The normalized spacial score (nSPS) is 10.4. The highest BCUT2D eigenvalue weighted by atomic mass is 32.1. The van der Waals surface area contributed by atoms with Gasteiger partial charge >= 0.3 is 6.01 Å². The highest BCUT2D eigenvalue weighted by Crippen LogP contribution is 2.26. The molecule has 1 N–H and O–H groups in total. The molecule has 3 aromatic heterocycles. The number of anilines is 1. The van der Waals surface area contributed by atoms with Gasteiger partial charge in [-0.2, -0.15) is 0 Å². The Bertz CT molecular complexity index is 736. The first-order valence-electron chi connectivity index (χ1n) is 5.83. The zero-order valence-corrected chi connectivity index (χ0v) is 11.3. The Balaban J connectivity index is 1.76. The van der Waals surface area contributed by atoms with Crippen LogP contribution in [0.5, 0.6) is 0 Å². The molecular weight excluding hydrogens is 276 g/mol. The largest absolute Gasteiger partial charge is 0.402 e. The van der Waals surface area contributed by atoms with E-state index in [-0.39, 0.29) is 11.9 Å². The van der Waals surface area contributed by atoms with Crippen molar-refractivity contribution in [3.63, 3.8) is 0 Å². The molecule has 0 radical (unpaired) electrons. The molecule has 0 saturated carbocycles. The standard InChI is InChI=1S/C13H10N4O2S/c1-8-5-10(20-7-8)12-16-17-13(19-12)15-11(18)9-3-2-4-14-6-9/h2-7H,1H3,(H,15,17,18). The van der Waals surface area contributed by atoms with E-state index in [9.17, 15) is 4.79 Å². The smallest absolute Gasteiger partial charge is 0.322 e. The predicted molar refractivity (Wildman–Crippen MR) is 74.5 cm³/mol. The molecule has 20 heavy (non-hydrogen) atoms. The van der Waals surface area contributed by atoms with Crippen LogP contribution in [0.25, 0.3) is 10.8 Å². The lowest BCUT2D eigenvalue weighted by molar-refractivity contribution is 0.102. The van der Waals surface area contributed by atoms with Crippen molar-refractivity contribution in [1.29, 1.82) is 0 Å². The Morgan fingerprint density at radius 3 is 3.00 bits per heavy atom. The molecular formula is C13H10N4O2S. The number of aromatic nitrogens is 3. The number of rotatable bonds is 3. The van der Waals surface area contributed by atoms with Crippen LogP contribution in [0, 0.1) is 6.92 Å². The molecule has 6 nitrogen and oxygen atoms in total. The number of carbonyl (C=O) groups excluding carboxylic acids is 1. The molecule has 0 aliphatic rings. The van der Waals surface area contributed by atoms with Crippen LogP contribution in [0.4, 0.5) is 6.01 Å². The number of thiophene rings is 1. The average Bonchev–Trinajstić information content (AvgIpc) is 3.09. The van der Waals surface area contributed by atoms with Crippen LogP contribution in [-0.4, -0.2) is 21.1 Å². The lowest BCUT2D eigenvalue weighted by atomic mass is 10.3. The summed E-state index contributed by atoms with van der Waals surface area (Å²) < 4.78 is 5.41. The van der Waals surface area contributed by atoms with Crippen molar-refractivity contribution in [3.05, 3.63) is 47.1 Å². The number of amides is 1. The third-order valence-electron chi connectivity index (χ3n) is 2.51. The molecule has 0 bridgehead atoms. The Hall–Kier alpha value is -2.54. The molecule has 1 amide bonds. The molecule has 0 spiro atoms. The quantitative estimate of drug-likeness (QED) is 0.800. The summed E-state index contributed by atoms with van der Waals surface area (Å²) in [6.45, 7) is 1.99. The van der Waals surface area contributed by atoms with Crippen LogP contribution >= 0.6 is 11.3 Å². The van der Waals surface area contributed by atoms with Crippen LogP contribution in [-0.2, 0) is 0 Å². The minimum absolute atomic E-state index is 0.0694. The number of hydrogen-bond donors (Lipinski definition) is 1. The van der Waals surface area contributed by atoms with E-state index in [1.54, 1.807) is 18.3 Å². The van der Waals surface area contributed by atoms with Crippen molar-refractivity contribution in [3.8, 4) is 10.8 Å². The fourth-order valence-corrected chi connectivity index (χ4v) is 2.40. The van der Waals surface area contributed by atoms with Gasteiger partial charge in [0.1, 0.15) is 0 Å². The van der Waals surface area contributed by atoms with Crippen molar-refractivity contribution in [2.45, 2.75) is 6.92 Å². The summed E-state index contributed by atoms with van der Waals surface area (Å²) in [5.41, 5.74) is 1.56. The number of carbonyl (C=O) groups is 1. The van der Waals surface area contributed by atoms with Crippen LogP contribution < -0.4 is 5.32 Å². The topological polar surface area (TPSA) is 80.9 Å². The van der Waals surface area contributed by atoms with Gasteiger partial charge in [-0.3, -0.25) is 15.1 Å². The van der Waals surface area contributed by atoms with E-state index in [1.165, 1.54) is 17.5 Å². The molecule has 0 saturated heterocycles. The molecule has 3 heterocycles. The maximum Gasteiger partial charge on any atom is 0.322 e. The van der Waals surface area contributed by atoms with E-state index in [2.05, 4.69) is 20.5 Å². The second-order valence-electron chi connectivity index (χ2n) is 4.10. The van der Waals surface area contributed by atoms with E-state index in [0.29, 0.717) is 11.5 Å². The first kappa shape index (κ1) is 12.5. The molecule has 0 fully saturated rings. The Morgan fingerprint density at radius 2 is 2.30 bits per heavy atom. The third-order valence-corrected chi connectivity index (χ3v) is 3.55. The molecule has 3 aromatic rings. The third kappa shape index (κ3) is 2.57. The molecule has 0 aliphatic heterocycles. The second kappa shape index (κ2) is 5.22. The molecule has 100 valence electrons. The van der Waals surface area contributed by atoms with Crippen molar-refractivity contribution in [2.75, 3.05) is 5.32 Å². The highest BCUT2D eigenvalue weighted by Gasteiger charge is 2.13. The summed E-state index contributed by atoms with van der Waals surface area (Å²) in [6, 6.07) is 5.36. The van der Waals surface area contributed by atoms with Crippen molar-refractivity contribution in [2.24, 2.45) is 0 Å². The summed E-state index contributed by atoms with van der Waals surface area (Å²) in [4.78, 5) is 16.6. The van der Waals surface area contributed by atoms with Crippen LogP contribution in [0.2, 0.25) is 0 Å². The van der Waals surface area contributed by atoms with Gasteiger partial charge in [-0.1, -0.05) is 5.10 Å². The first-order valence-corrected chi connectivity index (χ1v) is 6.71. The van der Waals surface area contributed by atoms with Gasteiger partial charge in [-0.25, -0.2) is 0 Å². The number of nitrogens with zero attached hydrogens (tertiary/aromatic N) is 3. The molecule has 0 unspecified atom stereocenters. The first-order chi connectivity index (χ1) is 9.72. The van der Waals surface area contributed by atoms with Crippen LogP contribution in [0.15, 0.2) is 40.4 Å². The zero-order chi connectivity index (χ0) is 13.9. The van der Waals surface area contributed by atoms with Gasteiger partial charge in [0.25, 0.3) is 11.8 Å². The number of hydrogen-bond acceptors (Lipinski definition) is 6. The maximum absolute atomic E-state index is 11.9. The van der Waals surface area contributed by atoms with Gasteiger partial charge in [-0.15, -0.1) is 16.4 Å². The van der Waals surface area contributed by atoms with Crippen molar-refractivity contribution in [1.82, 2.24) is 15.2 Å². The SMILES string of the molecule is Cc1csc(-c2nnc(NC(=O)c3cccnc3)o2)c1. The van der Waals surface area contributed by atoms with Gasteiger partial charge < -0.3 is 4.42 Å². The van der Waals surface area contributed by atoms with Crippen molar-refractivity contribution >= 4 is 23.3 Å². The lowest BCUT2D eigenvalue weighted by Crippen LogP contribution is -2.12. The lowest BCUT2D eigenvalue weighted by Gasteiger charge is -1.98.